The molecule has 1 N–H and O–H groups in total. The Balaban J connectivity index is 1.76. The summed E-state index contributed by atoms with van der Waals surface area (Å²) in [6, 6.07) is 7.65. The smallest absolute Gasteiger partial charge is 0.0413 e. The fraction of sp³-hybridized carbons (Fsp3) is 0.625. The lowest BCUT2D eigenvalue weighted by atomic mass is 10.1. The molecule has 0 spiro atoms. The van der Waals surface area contributed by atoms with E-state index < -0.39 is 0 Å². The standard InChI is InChI=1S/C16H24ClN3/c1-12-11-20(8-7-19(12)2)16-6-3-14(17)9-13(16)10-18-15-4-5-15/h3,6,9,12,15,18H,4-5,7-8,10-11H2,1-2H3. The Morgan fingerprint density at radius 2 is 2.10 bits per heavy atom. The van der Waals surface area contributed by atoms with Crippen LogP contribution in [-0.4, -0.2) is 43.7 Å². The number of hydrogen-bond donors (Lipinski definition) is 1. The van der Waals surface area contributed by atoms with Gasteiger partial charge in [-0.3, -0.25) is 0 Å². The molecule has 1 aromatic rings. The van der Waals surface area contributed by atoms with E-state index in [1.54, 1.807) is 0 Å². The first-order chi connectivity index (χ1) is 9.63. The molecule has 4 heteroatoms. The van der Waals surface area contributed by atoms with Crippen LogP contribution in [0.5, 0.6) is 0 Å². The summed E-state index contributed by atoms with van der Waals surface area (Å²) in [6.45, 7) is 6.54. The summed E-state index contributed by atoms with van der Waals surface area (Å²) in [5, 5.41) is 4.44. The maximum absolute atomic E-state index is 6.18. The van der Waals surface area contributed by atoms with Crippen LogP contribution in [0.25, 0.3) is 0 Å². The Bertz CT molecular complexity index is 473. The van der Waals surface area contributed by atoms with E-state index in [9.17, 15) is 0 Å². The minimum Gasteiger partial charge on any atom is -0.368 e. The molecule has 1 heterocycles. The Kier molecular flexibility index (Phi) is 4.20. The van der Waals surface area contributed by atoms with Gasteiger partial charge in [0.2, 0.25) is 0 Å². The van der Waals surface area contributed by atoms with Gasteiger partial charge in [0.1, 0.15) is 0 Å². The summed E-state index contributed by atoms with van der Waals surface area (Å²) >= 11 is 6.18. The van der Waals surface area contributed by atoms with E-state index in [1.165, 1.54) is 24.1 Å². The lowest BCUT2D eigenvalue weighted by Crippen LogP contribution is -2.50. The van der Waals surface area contributed by atoms with E-state index in [-0.39, 0.29) is 0 Å². The first kappa shape index (κ1) is 14.2. The number of anilines is 1. The molecular weight excluding hydrogens is 270 g/mol. The summed E-state index contributed by atoms with van der Waals surface area (Å²) in [5.41, 5.74) is 2.68. The molecule has 1 saturated carbocycles. The summed E-state index contributed by atoms with van der Waals surface area (Å²) in [5.74, 6) is 0. The van der Waals surface area contributed by atoms with Crippen LogP contribution >= 0.6 is 11.6 Å². The molecule has 1 aliphatic carbocycles. The van der Waals surface area contributed by atoms with Crippen LogP contribution in [-0.2, 0) is 6.54 Å². The van der Waals surface area contributed by atoms with E-state index in [1.807, 2.05) is 6.07 Å². The summed E-state index contributed by atoms with van der Waals surface area (Å²) in [6.07, 6.45) is 2.64. The molecule has 3 nitrogen and oxygen atoms in total. The second-order valence-electron chi connectivity index (χ2n) is 6.20. The third-order valence-corrected chi connectivity index (χ3v) is 4.74. The second kappa shape index (κ2) is 5.92. The lowest BCUT2D eigenvalue weighted by Gasteiger charge is -2.39. The van der Waals surface area contributed by atoms with Crippen molar-refractivity contribution in [1.82, 2.24) is 10.2 Å². The quantitative estimate of drug-likeness (QED) is 0.921. The fourth-order valence-electron chi connectivity index (χ4n) is 2.81. The second-order valence-corrected chi connectivity index (χ2v) is 6.64. The molecule has 1 saturated heterocycles. The van der Waals surface area contributed by atoms with Gasteiger partial charge in [-0.2, -0.15) is 0 Å². The Morgan fingerprint density at radius 1 is 1.30 bits per heavy atom. The van der Waals surface area contributed by atoms with Gasteiger partial charge < -0.3 is 15.1 Å². The van der Waals surface area contributed by atoms with Crippen LogP contribution in [0, 0.1) is 0 Å². The third-order valence-electron chi connectivity index (χ3n) is 4.50. The predicted molar refractivity (Wildman–Crippen MR) is 85.6 cm³/mol. The monoisotopic (exact) mass is 293 g/mol. The van der Waals surface area contributed by atoms with Crippen molar-refractivity contribution in [3.63, 3.8) is 0 Å². The van der Waals surface area contributed by atoms with Crippen LogP contribution in [0.1, 0.15) is 25.3 Å². The Hall–Kier alpha value is -0.770. The number of rotatable bonds is 4. The van der Waals surface area contributed by atoms with Gasteiger partial charge in [-0.05, 0) is 50.6 Å². The molecule has 1 aromatic carbocycles. The first-order valence-electron chi connectivity index (χ1n) is 7.60. The van der Waals surface area contributed by atoms with Gasteiger partial charge in [0, 0.05) is 49.0 Å². The predicted octanol–water partition coefficient (Wildman–Crippen LogP) is 2.73. The van der Waals surface area contributed by atoms with E-state index in [2.05, 4.69) is 41.2 Å². The number of nitrogens with zero attached hydrogens (tertiary/aromatic N) is 2. The van der Waals surface area contributed by atoms with Gasteiger partial charge in [0.05, 0.1) is 0 Å². The topological polar surface area (TPSA) is 18.5 Å². The number of likely N-dealkylation sites (N-methyl/N-ethyl adjacent to an activating group) is 1. The highest BCUT2D eigenvalue weighted by molar-refractivity contribution is 6.30. The van der Waals surface area contributed by atoms with Crippen molar-refractivity contribution < 1.29 is 0 Å². The minimum absolute atomic E-state index is 0.601. The number of piperazine rings is 1. The van der Waals surface area contributed by atoms with E-state index in [4.69, 9.17) is 11.6 Å². The van der Waals surface area contributed by atoms with Crippen LogP contribution in [0.4, 0.5) is 5.69 Å². The fourth-order valence-corrected chi connectivity index (χ4v) is 3.01. The average molecular weight is 294 g/mol. The highest BCUT2D eigenvalue weighted by Gasteiger charge is 2.24. The van der Waals surface area contributed by atoms with Crippen molar-refractivity contribution >= 4 is 17.3 Å². The van der Waals surface area contributed by atoms with E-state index >= 15 is 0 Å². The highest BCUT2D eigenvalue weighted by atomic mass is 35.5. The molecule has 0 amide bonds. The van der Waals surface area contributed by atoms with Crippen LogP contribution < -0.4 is 10.2 Å². The normalized spacial score (nSPS) is 24.1. The molecule has 2 aliphatic rings. The maximum atomic E-state index is 6.18. The molecule has 0 bridgehead atoms. The zero-order chi connectivity index (χ0) is 14.1. The summed E-state index contributed by atoms with van der Waals surface area (Å²) in [4.78, 5) is 4.93. The van der Waals surface area contributed by atoms with Gasteiger partial charge in [-0.1, -0.05) is 11.6 Å². The van der Waals surface area contributed by atoms with Crippen molar-refractivity contribution in [3.05, 3.63) is 28.8 Å². The van der Waals surface area contributed by atoms with Gasteiger partial charge in [0.15, 0.2) is 0 Å². The maximum Gasteiger partial charge on any atom is 0.0413 e. The SMILES string of the molecule is CC1CN(c2ccc(Cl)cc2CNC2CC2)CCN1C. The van der Waals surface area contributed by atoms with Crippen LogP contribution in [0.3, 0.4) is 0 Å². The third kappa shape index (κ3) is 3.27. The van der Waals surface area contributed by atoms with Gasteiger partial charge in [-0.15, -0.1) is 0 Å². The van der Waals surface area contributed by atoms with Gasteiger partial charge in [0.25, 0.3) is 0 Å². The molecule has 0 aromatic heterocycles. The molecule has 2 fully saturated rings. The van der Waals surface area contributed by atoms with Gasteiger partial charge in [-0.25, -0.2) is 0 Å². The molecule has 0 radical (unpaired) electrons. The number of halogens is 1. The summed E-state index contributed by atoms with van der Waals surface area (Å²) in [7, 11) is 2.21. The molecule has 1 atom stereocenters. The number of nitrogens with one attached hydrogen (secondary N) is 1. The van der Waals surface area contributed by atoms with E-state index in [0.717, 1.165) is 37.2 Å². The number of benzene rings is 1. The molecule has 1 aliphatic heterocycles. The highest BCUT2D eigenvalue weighted by Crippen LogP contribution is 2.28. The van der Waals surface area contributed by atoms with Crippen LogP contribution in [0.2, 0.25) is 5.02 Å². The van der Waals surface area contributed by atoms with Crippen molar-refractivity contribution in [1.29, 1.82) is 0 Å². The van der Waals surface area contributed by atoms with Gasteiger partial charge >= 0.3 is 0 Å². The zero-order valence-electron chi connectivity index (χ0n) is 12.4. The minimum atomic E-state index is 0.601. The molecular formula is C16H24ClN3. The molecule has 3 rings (SSSR count). The van der Waals surface area contributed by atoms with Crippen molar-refractivity contribution in [2.45, 2.75) is 38.4 Å². The molecule has 110 valence electrons. The van der Waals surface area contributed by atoms with Crippen molar-refractivity contribution in [3.8, 4) is 0 Å². The number of hydrogen-bond acceptors (Lipinski definition) is 3. The Labute approximate surface area is 126 Å². The van der Waals surface area contributed by atoms with Crippen molar-refractivity contribution in [2.75, 3.05) is 31.6 Å². The zero-order valence-corrected chi connectivity index (χ0v) is 13.2. The molecule has 20 heavy (non-hydrogen) atoms. The molecule has 1 unspecified atom stereocenters. The largest absolute Gasteiger partial charge is 0.368 e. The lowest BCUT2D eigenvalue weighted by molar-refractivity contribution is 0.234. The first-order valence-corrected chi connectivity index (χ1v) is 7.98. The van der Waals surface area contributed by atoms with Crippen LogP contribution in [0.15, 0.2) is 18.2 Å². The summed E-state index contributed by atoms with van der Waals surface area (Å²) < 4.78 is 0. The van der Waals surface area contributed by atoms with Crippen molar-refractivity contribution in [2.24, 2.45) is 0 Å². The average Bonchev–Trinajstić information content (AvgIpc) is 3.24. The van der Waals surface area contributed by atoms with E-state index in [0.29, 0.717) is 6.04 Å². The Morgan fingerprint density at radius 3 is 2.80 bits per heavy atom.